The number of nitrogens with one attached hydrogen (secondary N) is 2. The Morgan fingerprint density at radius 1 is 0.880 bits per heavy atom. The highest BCUT2D eigenvalue weighted by atomic mass is 35.5. The molecule has 11 nitrogen and oxygen atoms in total. The van der Waals surface area contributed by atoms with E-state index in [1.807, 2.05) is 16.9 Å². The highest BCUT2D eigenvalue weighted by molar-refractivity contribution is 7.90. The van der Waals surface area contributed by atoms with Crippen LogP contribution in [0.15, 0.2) is 48.5 Å². The number of carbonyl (C=O) groups excluding carboxylic acids is 3. The molecule has 0 atom stereocenters. The van der Waals surface area contributed by atoms with Crippen LogP contribution in [-0.2, 0) is 31.6 Å². The number of sulfonamides is 1. The molecule has 16 heteroatoms. The van der Waals surface area contributed by atoms with E-state index in [4.69, 9.17) is 16.3 Å². The predicted octanol–water partition coefficient (Wildman–Crippen LogP) is 6.25. The number of hydrogen-bond donors (Lipinski definition) is 2. The van der Waals surface area contributed by atoms with Crippen molar-refractivity contribution >= 4 is 45.0 Å². The first-order valence-electron chi connectivity index (χ1n) is 16.4. The van der Waals surface area contributed by atoms with E-state index in [-0.39, 0.29) is 61.9 Å². The second kappa shape index (κ2) is 15.8. The Morgan fingerprint density at radius 3 is 2.18 bits per heavy atom. The summed E-state index contributed by atoms with van der Waals surface area (Å²) in [5.41, 5.74) is 1.64. The van der Waals surface area contributed by atoms with Crippen molar-refractivity contribution in [3.05, 3.63) is 76.1 Å². The average molecular weight is 736 g/mol. The fraction of sp³-hybridized carbons (Fsp3) is 0.471. The molecular weight excluding hydrogens is 699 g/mol. The lowest BCUT2D eigenvalue weighted by atomic mass is 10.0. The van der Waals surface area contributed by atoms with Crippen LogP contribution in [0.1, 0.15) is 97.9 Å². The number of amides is 1. The van der Waals surface area contributed by atoms with Crippen molar-refractivity contribution in [3.8, 4) is 6.01 Å². The van der Waals surface area contributed by atoms with Gasteiger partial charge in [-0.05, 0) is 68.2 Å². The number of benzene rings is 2. The van der Waals surface area contributed by atoms with E-state index >= 15 is 0 Å². The van der Waals surface area contributed by atoms with E-state index in [2.05, 4.69) is 20.3 Å². The molecule has 0 saturated heterocycles. The van der Waals surface area contributed by atoms with Crippen molar-refractivity contribution in [2.75, 3.05) is 11.9 Å². The highest BCUT2D eigenvalue weighted by Gasteiger charge is 2.45. The van der Waals surface area contributed by atoms with Gasteiger partial charge in [0.15, 0.2) is 12.4 Å². The number of carbonyl (C=O) groups is 3. The zero-order valence-corrected chi connectivity index (χ0v) is 28.7. The summed E-state index contributed by atoms with van der Waals surface area (Å²) >= 11 is 6.03. The van der Waals surface area contributed by atoms with Gasteiger partial charge in [-0.1, -0.05) is 48.0 Å². The van der Waals surface area contributed by atoms with Crippen molar-refractivity contribution in [1.29, 1.82) is 0 Å². The number of nitrogens with zero attached hydrogens (tertiary/aromatic N) is 3. The molecule has 2 aliphatic rings. The lowest BCUT2D eigenvalue weighted by Gasteiger charge is -2.19. The number of aromatic nitrogens is 3. The van der Waals surface area contributed by atoms with Crippen LogP contribution in [0, 0.1) is 0 Å². The second-order valence-corrected chi connectivity index (χ2v) is 15.0. The largest absolute Gasteiger partial charge is 0.454 e. The van der Waals surface area contributed by atoms with Crippen molar-refractivity contribution in [1.82, 2.24) is 19.7 Å². The van der Waals surface area contributed by atoms with Crippen LogP contribution >= 0.6 is 11.6 Å². The molecule has 0 radical (unpaired) electrons. The third kappa shape index (κ3) is 11.2. The average Bonchev–Trinajstić information content (AvgIpc) is 3.98. The summed E-state index contributed by atoms with van der Waals surface area (Å²) in [7, 11) is -3.59. The molecule has 5 rings (SSSR count). The Hall–Kier alpha value is -4.11. The van der Waals surface area contributed by atoms with Crippen molar-refractivity contribution < 1.29 is 40.7 Å². The molecule has 1 aromatic heterocycles. The lowest BCUT2D eigenvalue weighted by molar-refractivity contribution is -0.154. The minimum atomic E-state index is -4.58. The second-order valence-electron chi connectivity index (χ2n) is 12.6. The third-order valence-electron chi connectivity index (χ3n) is 8.35. The van der Waals surface area contributed by atoms with Crippen molar-refractivity contribution in [2.45, 2.75) is 94.0 Å². The van der Waals surface area contributed by atoms with Gasteiger partial charge in [-0.3, -0.25) is 19.1 Å². The molecular formula is C34H37ClF3N5O6S. The van der Waals surface area contributed by atoms with Crippen LogP contribution < -0.4 is 14.8 Å². The van der Waals surface area contributed by atoms with Gasteiger partial charge < -0.3 is 10.1 Å². The number of unbranched alkanes of at least 4 members (excludes halogenated alkanes) is 1. The summed E-state index contributed by atoms with van der Waals surface area (Å²) in [4.78, 5) is 49.4. The first kappa shape index (κ1) is 37.2. The molecule has 0 aliphatic heterocycles. The van der Waals surface area contributed by atoms with Gasteiger partial charge in [-0.15, -0.1) is 0 Å². The molecule has 268 valence electrons. The van der Waals surface area contributed by atoms with Gasteiger partial charge in [0.1, 0.15) is 11.6 Å². The van der Waals surface area contributed by atoms with Gasteiger partial charge in [-0.25, -0.2) is 8.42 Å². The highest BCUT2D eigenvalue weighted by Crippen LogP contribution is 2.48. The molecule has 0 spiro atoms. The molecule has 2 N–H and O–H groups in total. The summed E-state index contributed by atoms with van der Waals surface area (Å²) in [6.07, 6.45) is 0.0307. The van der Waals surface area contributed by atoms with Gasteiger partial charge >= 0.3 is 12.2 Å². The maximum atomic E-state index is 12.9. The fourth-order valence-corrected chi connectivity index (χ4v) is 6.79. The van der Waals surface area contributed by atoms with Gasteiger partial charge in [0.25, 0.3) is 0 Å². The summed E-state index contributed by atoms with van der Waals surface area (Å²) in [6.45, 7) is -1.56. The molecule has 2 aromatic carbocycles. The Labute approximate surface area is 292 Å². The minimum absolute atomic E-state index is 0.0461. The first-order chi connectivity index (χ1) is 23.7. The van der Waals surface area contributed by atoms with E-state index in [0.717, 1.165) is 18.4 Å². The zero-order valence-electron chi connectivity index (χ0n) is 27.1. The molecule has 1 amide bonds. The Balaban J connectivity index is 1.10. The molecule has 2 fully saturated rings. The number of hydrogen-bond acceptors (Lipinski definition) is 10. The minimum Gasteiger partial charge on any atom is -0.454 e. The van der Waals surface area contributed by atoms with Crippen LogP contribution in [-0.4, -0.2) is 58.9 Å². The summed E-state index contributed by atoms with van der Waals surface area (Å²) < 4.78 is 69.2. The van der Waals surface area contributed by atoms with E-state index < -0.39 is 45.5 Å². The Kier molecular flexibility index (Phi) is 11.8. The lowest BCUT2D eigenvalue weighted by Crippen LogP contribution is -2.33. The number of alkyl halides is 3. The number of Topliss-reactive ketones (excluding diaryl/α,β-unsaturated/α-hetero) is 2. The molecule has 0 unspecified atom stereocenters. The number of ether oxygens (including phenoxy) is 1. The van der Waals surface area contributed by atoms with Crippen LogP contribution in [0.25, 0.3) is 0 Å². The maximum absolute atomic E-state index is 12.9. The number of halogens is 4. The standard InChI is InChI=1S/C34H37ClF3N5O6S/c35-25-14-12-24(13-15-25)33(18-19-33)42-31-39-29(40-32(41-31)49-21-34(36,37)38)20-22-8-10-23(11-9-22)28(45)6-2-1-4-26(44)5-3-7-30(46)43-50(47,48)27-16-17-27/h8-15,27H,1-7,16-21H2,(H,43,46)(H,39,40,41,42). The molecule has 2 saturated carbocycles. The first-order valence-corrected chi connectivity index (χ1v) is 18.3. The number of anilines is 1. The smallest absolute Gasteiger partial charge is 0.422 e. The SMILES string of the molecule is O=C(CCCCC(=O)c1ccc(Cc2nc(NC3(c4ccc(Cl)cc4)CC3)nc(OCC(F)(F)F)n2)cc1)CCCC(=O)NS(=O)(=O)C1CC1. The predicted molar refractivity (Wildman–Crippen MR) is 178 cm³/mol. The Morgan fingerprint density at radius 2 is 1.54 bits per heavy atom. The summed E-state index contributed by atoms with van der Waals surface area (Å²) in [5, 5.41) is 3.33. The number of rotatable bonds is 19. The van der Waals surface area contributed by atoms with E-state index in [0.29, 0.717) is 41.8 Å². The van der Waals surface area contributed by atoms with Crippen LogP contribution in [0.5, 0.6) is 6.01 Å². The van der Waals surface area contributed by atoms with Crippen LogP contribution in [0.4, 0.5) is 19.1 Å². The van der Waals surface area contributed by atoms with E-state index in [1.165, 1.54) is 0 Å². The van der Waals surface area contributed by atoms with E-state index in [1.54, 1.807) is 36.4 Å². The van der Waals surface area contributed by atoms with Gasteiger partial charge in [0.05, 0.1) is 10.8 Å². The fourth-order valence-electron chi connectivity index (χ4n) is 5.32. The van der Waals surface area contributed by atoms with Crippen molar-refractivity contribution in [2.24, 2.45) is 0 Å². The quantitative estimate of drug-likeness (QED) is 0.107. The summed E-state index contributed by atoms with van der Waals surface area (Å²) in [6, 6.07) is 13.5. The Bertz CT molecular complexity index is 1800. The topological polar surface area (TPSA) is 157 Å². The normalized spacial score (nSPS) is 15.3. The van der Waals surface area contributed by atoms with Crippen LogP contribution in [0.3, 0.4) is 0 Å². The van der Waals surface area contributed by atoms with Crippen molar-refractivity contribution in [3.63, 3.8) is 0 Å². The maximum Gasteiger partial charge on any atom is 0.422 e. The monoisotopic (exact) mass is 735 g/mol. The van der Waals surface area contributed by atoms with Crippen LogP contribution in [0.2, 0.25) is 5.02 Å². The number of ketones is 2. The molecule has 50 heavy (non-hydrogen) atoms. The summed E-state index contributed by atoms with van der Waals surface area (Å²) in [5.74, 6) is -0.508. The van der Waals surface area contributed by atoms with Gasteiger partial charge in [0, 0.05) is 42.7 Å². The third-order valence-corrected chi connectivity index (χ3v) is 10.5. The molecule has 1 heterocycles. The molecule has 0 bridgehead atoms. The van der Waals surface area contributed by atoms with Gasteiger partial charge in [-0.2, -0.15) is 28.1 Å². The van der Waals surface area contributed by atoms with E-state index in [9.17, 15) is 36.0 Å². The zero-order chi connectivity index (χ0) is 35.9. The van der Waals surface area contributed by atoms with Gasteiger partial charge in [0.2, 0.25) is 21.9 Å². The molecule has 2 aliphatic carbocycles. The molecule has 3 aromatic rings.